The second-order valence-electron chi connectivity index (χ2n) is 14.2. The molecule has 0 atom stereocenters. The molecule has 0 spiro atoms. The highest BCUT2D eigenvalue weighted by molar-refractivity contribution is 6.59. The van der Waals surface area contributed by atoms with E-state index in [1.807, 2.05) is 48.2 Å². The van der Waals surface area contributed by atoms with Gasteiger partial charge in [0.2, 0.25) is 0 Å². The average Bonchev–Trinajstić information content (AvgIpc) is 3.16. The van der Waals surface area contributed by atoms with Crippen LogP contribution in [0.15, 0.2) is 48.5 Å². The van der Waals surface area contributed by atoms with Crippen molar-refractivity contribution >= 4 is 55.6 Å². The van der Waals surface area contributed by atoms with E-state index in [0.29, 0.717) is 69.3 Å². The number of unbranched alkanes of at least 4 members (excludes halogenated alkanes) is 2. The standard InChI is InChI=1S/C38H59B2N5O12/c1-41(23-32-11-3-5-15-36(32)39(52)53)17-9-7-13-34(48)25-44(27-38(50)51)21-19-43(28-56-30-46)20-22-45(29-57-31-47)26-35(49)14-8-10-18-42(2)24-33-12-4-6-16-37(33)40(54)55/h3-6,11-12,15-16,30-31,52-55H,7-10,13-14,17-29H2,1-2H3,(H,50,51). The van der Waals surface area contributed by atoms with Crippen molar-refractivity contribution in [3.8, 4) is 0 Å². The van der Waals surface area contributed by atoms with Crippen LogP contribution in [0, 0.1) is 0 Å². The first kappa shape index (κ1) is 49.1. The third-order valence-electron chi connectivity index (χ3n) is 9.31. The highest BCUT2D eigenvalue weighted by Crippen LogP contribution is 2.08. The molecule has 5 N–H and O–H groups in total. The van der Waals surface area contributed by atoms with Crippen LogP contribution in [0.4, 0.5) is 0 Å². The van der Waals surface area contributed by atoms with Crippen molar-refractivity contribution in [3.63, 3.8) is 0 Å². The summed E-state index contributed by atoms with van der Waals surface area (Å²) in [4.78, 5) is 68.4. The predicted octanol–water partition coefficient (Wildman–Crippen LogP) is -1.66. The molecule has 0 bridgehead atoms. The Kier molecular flexibility index (Phi) is 24.4. The lowest BCUT2D eigenvalue weighted by Crippen LogP contribution is -2.44. The molecule has 2 rings (SSSR count). The number of Topliss-reactive ketones (excluding diaryl/α,β-unsaturated/α-hetero) is 2. The lowest BCUT2D eigenvalue weighted by atomic mass is 9.77. The van der Waals surface area contributed by atoms with Crippen molar-refractivity contribution in [2.75, 3.05) is 86.5 Å². The topological polar surface area (TPSA) is 221 Å². The molecule has 0 aliphatic carbocycles. The van der Waals surface area contributed by atoms with Crippen LogP contribution in [0.5, 0.6) is 0 Å². The van der Waals surface area contributed by atoms with E-state index in [0.717, 1.165) is 17.5 Å². The Hall–Kier alpha value is -4.04. The van der Waals surface area contributed by atoms with Crippen LogP contribution in [0.3, 0.4) is 0 Å². The van der Waals surface area contributed by atoms with Gasteiger partial charge >= 0.3 is 20.2 Å². The molecule has 0 heterocycles. The van der Waals surface area contributed by atoms with Crippen LogP contribution in [-0.2, 0) is 46.5 Å². The fourth-order valence-corrected chi connectivity index (χ4v) is 6.34. The molecule has 0 saturated carbocycles. The van der Waals surface area contributed by atoms with Crippen molar-refractivity contribution in [3.05, 3.63) is 59.7 Å². The van der Waals surface area contributed by atoms with Crippen LogP contribution >= 0.6 is 0 Å². The number of benzene rings is 2. The summed E-state index contributed by atoms with van der Waals surface area (Å²) in [6, 6.07) is 14.2. The summed E-state index contributed by atoms with van der Waals surface area (Å²) in [6.45, 7) is 3.26. The number of aliphatic carboxylic acids is 1. The van der Waals surface area contributed by atoms with E-state index in [2.05, 4.69) is 0 Å². The predicted molar refractivity (Wildman–Crippen MR) is 214 cm³/mol. The number of carbonyl (C=O) groups excluding carboxylic acids is 4. The quantitative estimate of drug-likeness (QED) is 0.0232. The SMILES string of the molecule is CN(CCCCC(=O)CN(CCN(CCN(CC(=O)O)CC(=O)CCCCN(C)Cc1ccccc1B(O)O)COC=O)COC=O)Cc1ccccc1B(O)O. The smallest absolute Gasteiger partial charge is 0.480 e. The molecule has 0 unspecified atom stereocenters. The molecule has 314 valence electrons. The summed E-state index contributed by atoms with van der Waals surface area (Å²) in [6.07, 6.45) is 3.21. The molecule has 0 aliphatic rings. The molecule has 2 aromatic carbocycles. The van der Waals surface area contributed by atoms with Gasteiger partial charge in [-0.3, -0.25) is 38.7 Å². The van der Waals surface area contributed by atoms with Crippen molar-refractivity contribution in [2.45, 2.75) is 51.6 Å². The first-order valence-electron chi connectivity index (χ1n) is 19.1. The van der Waals surface area contributed by atoms with Gasteiger partial charge in [-0.1, -0.05) is 48.5 Å². The zero-order valence-corrected chi connectivity index (χ0v) is 33.2. The first-order valence-corrected chi connectivity index (χ1v) is 19.1. The lowest BCUT2D eigenvalue weighted by molar-refractivity contribution is -0.139. The second-order valence-corrected chi connectivity index (χ2v) is 14.2. The number of carbonyl (C=O) groups is 5. The third-order valence-corrected chi connectivity index (χ3v) is 9.31. The van der Waals surface area contributed by atoms with Crippen molar-refractivity contribution in [1.29, 1.82) is 0 Å². The van der Waals surface area contributed by atoms with Gasteiger partial charge in [-0.25, -0.2) is 0 Å². The Morgan fingerprint density at radius 1 is 0.579 bits per heavy atom. The van der Waals surface area contributed by atoms with Crippen LogP contribution in [0.1, 0.15) is 49.7 Å². The van der Waals surface area contributed by atoms with E-state index < -0.39 is 20.2 Å². The van der Waals surface area contributed by atoms with E-state index in [4.69, 9.17) is 9.47 Å². The largest absolute Gasteiger partial charge is 0.488 e. The normalized spacial score (nSPS) is 11.4. The maximum Gasteiger partial charge on any atom is 0.488 e. The van der Waals surface area contributed by atoms with Crippen molar-refractivity contribution < 1.29 is 58.6 Å². The molecule has 0 radical (unpaired) electrons. The number of hydrogen-bond acceptors (Lipinski definition) is 16. The zero-order chi connectivity index (χ0) is 42.0. The Morgan fingerprint density at radius 3 is 1.42 bits per heavy atom. The van der Waals surface area contributed by atoms with Gasteiger partial charge in [-0.05, 0) is 74.9 Å². The van der Waals surface area contributed by atoms with E-state index in [1.54, 1.807) is 34.1 Å². The molecule has 2 aromatic rings. The van der Waals surface area contributed by atoms with Gasteiger partial charge < -0.3 is 44.5 Å². The summed E-state index contributed by atoms with van der Waals surface area (Å²) in [7, 11) is 0.702. The molecule has 0 fully saturated rings. The van der Waals surface area contributed by atoms with E-state index >= 15 is 0 Å². The maximum absolute atomic E-state index is 12.9. The molecule has 0 saturated heterocycles. The fourth-order valence-electron chi connectivity index (χ4n) is 6.34. The number of carboxylic acid groups (broad SMARTS) is 1. The Bertz CT molecular complexity index is 1510. The van der Waals surface area contributed by atoms with E-state index in [-0.39, 0.29) is 83.7 Å². The lowest BCUT2D eigenvalue weighted by Gasteiger charge is -2.28. The fraction of sp³-hybridized carbons (Fsp3) is 0.553. The van der Waals surface area contributed by atoms with Crippen LogP contribution in [0.25, 0.3) is 0 Å². The molecule has 17 nitrogen and oxygen atoms in total. The third kappa shape index (κ3) is 21.3. The van der Waals surface area contributed by atoms with E-state index in [9.17, 15) is 49.2 Å². The van der Waals surface area contributed by atoms with Gasteiger partial charge in [0.05, 0.1) is 19.6 Å². The van der Waals surface area contributed by atoms with Gasteiger partial charge in [-0.2, -0.15) is 0 Å². The monoisotopic (exact) mass is 799 g/mol. The van der Waals surface area contributed by atoms with Crippen LogP contribution < -0.4 is 10.9 Å². The number of hydrogen-bond donors (Lipinski definition) is 5. The molecular formula is C38H59B2N5O12. The molecule has 0 aliphatic heterocycles. The summed E-state index contributed by atoms with van der Waals surface area (Å²) >= 11 is 0. The van der Waals surface area contributed by atoms with Crippen molar-refractivity contribution in [1.82, 2.24) is 24.5 Å². The minimum absolute atomic E-state index is 0.0162. The van der Waals surface area contributed by atoms with E-state index in [1.165, 1.54) is 4.90 Å². The molecular weight excluding hydrogens is 740 g/mol. The average molecular weight is 800 g/mol. The molecule has 57 heavy (non-hydrogen) atoms. The number of ketones is 2. The summed E-state index contributed by atoms with van der Waals surface area (Å²) in [5.41, 5.74) is 2.50. The Labute approximate surface area is 336 Å². The summed E-state index contributed by atoms with van der Waals surface area (Å²) in [5, 5.41) is 48.0. The highest BCUT2D eigenvalue weighted by atomic mass is 16.5. The van der Waals surface area contributed by atoms with Crippen LogP contribution in [-0.4, -0.2) is 181 Å². The molecule has 0 aromatic heterocycles. The second kappa shape index (κ2) is 28.4. The summed E-state index contributed by atoms with van der Waals surface area (Å²) < 4.78 is 9.92. The zero-order valence-electron chi connectivity index (χ0n) is 33.2. The minimum Gasteiger partial charge on any atom is -0.480 e. The van der Waals surface area contributed by atoms with Gasteiger partial charge in [-0.15, -0.1) is 0 Å². The van der Waals surface area contributed by atoms with Gasteiger partial charge in [0.1, 0.15) is 25.0 Å². The minimum atomic E-state index is -1.56. The van der Waals surface area contributed by atoms with Crippen molar-refractivity contribution in [2.24, 2.45) is 0 Å². The number of ether oxygens (including phenoxy) is 2. The molecule has 19 heteroatoms. The Morgan fingerprint density at radius 2 is 0.982 bits per heavy atom. The summed E-state index contributed by atoms with van der Waals surface area (Å²) in [5.74, 6) is -1.26. The van der Waals surface area contributed by atoms with Gasteiger partial charge in [0, 0.05) is 52.1 Å². The van der Waals surface area contributed by atoms with Crippen LogP contribution in [0.2, 0.25) is 0 Å². The Balaban J connectivity index is 1.82. The highest BCUT2D eigenvalue weighted by Gasteiger charge is 2.20. The van der Waals surface area contributed by atoms with Gasteiger partial charge in [0.15, 0.2) is 0 Å². The van der Waals surface area contributed by atoms with Gasteiger partial charge in [0.25, 0.3) is 12.9 Å². The molecule has 0 amide bonds. The number of carboxylic acids is 1. The maximum atomic E-state index is 12.9. The number of nitrogens with zero attached hydrogens (tertiary/aromatic N) is 5. The first-order chi connectivity index (χ1) is 27.3. The number of rotatable bonds is 34.